The van der Waals surface area contributed by atoms with Crippen molar-refractivity contribution in [1.82, 2.24) is 0 Å². The Labute approximate surface area is 174 Å². The van der Waals surface area contributed by atoms with E-state index in [2.05, 4.69) is 5.32 Å². The van der Waals surface area contributed by atoms with Gasteiger partial charge in [0, 0.05) is 21.8 Å². The van der Waals surface area contributed by atoms with Gasteiger partial charge in [0.1, 0.15) is 11.6 Å². The first kappa shape index (κ1) is 20.1. The van der Waals surface area contributed by atoms with E-state index in [0.29, 0.717) is 27.4 Å². The van der Waals surface area contributed by atoms with E-state index in [1.54, 1.807) is 66.7 Å². The lowest BCUT2D eigenvalue weighted by atomic mass is 10.0. The van der Waals surface area contributed by atoms with Gasteiger partial charge in [-0.3, -0.25) is 9.59 Å². The molecule has 0 spiro atoms. The number of benzene rings is 3. The van der Waals surface area contributed by atoms with Crippen LogP contribution in [0.3, 0.4) is 0 Å². The van der Waals surface area contributed by atoms with Crippen LogP contribution in [-0.2, 0) is 0 Å². The third kappa shape index (κ3) is 5.19. The molecule has 3 rings (SSSR count). The maximum Gasteiger partial charge on any atom is 0.255 e. The number of Topliss-reactive ketones (excluding diaryl/α,β-unsaturated/α-hetero) is 1. The van der Waals surface area contributed by atoms with Crippen molar-refractivity contribution in [1.29, 1.82) is 5.26 Å². The molecule has 0 atom stereocenters. The Kier molecular flexibility index (Phi) is 6.23. The first-order chi connectivity index (χ1) is 14.0. The monoisotopic (exact) mass is 400 g/mol. The van der Waals surface area contributed by atoms with Crippen LogP contribution in [0.5, 0.6) is 0 Å². The van der Waals surface area contributed by atoms with E-state index in [-0.39, 0.29) is 17.3 Å². The Bertz CT molecular complexity index is 1140. The quantitative estimate of drug-likeness (QED) is 0.339. The maximum atomic E-state index is 12.6. The molecule has 0 aliphatic carbocycles. The highest BCUT2D eigenvalue weighted by atomic mass is 35.5. The number of carbonyl (C=O) groups excluding carboxylic acids is 2. The Morgan fingerprint density at radius 2 is 1.69 bits per heavy atom. The van der Waals surface area contributed by atoms with Gasteiger partial charge in [-0.15, -0.1) is 0 Å². The Morgan fingerprint density at radius 3 is 2.38 bits per heavy atom. The fourth-order valence-electron chi connectivity index (χ4n) is 2.77. The van der Waals surface area contributed by atoms with Crippen molar-refractivity contribution in [3.8, 4) is 6.07 Å². The fraction of sp³-hybridized carbons (Fsp3) is 0.0417. The first-order valence-electron chi connectivity index (χ1n) is 8.86. The van der Waals surface area contributed by atoms with Crippen LogP contribution in [0.2, 0.25) is 5.02 Å². The maximum absolute atomic E-state index is 12.6. The molecule has 0 bridgehead atoms. The van der Waals surface area contributed by atoms with Gasteiger partial charge >= 0.3 is 0 Å². The molecule has 0 unspecified atom stereocenters. The van der Waals surface area contributed by atoms with E-state index in [0.717, 1.165) is 5.56 Å². The summed E-state index contributed by atoms with van der Waals surface area (Å²) in [5.41, 5.74) is 3.10. The van der Waals surface area contributed by atoms with Gasteiger partial charge in [-0.05, 0) is 61.0 Å². The van der Waals surface area contributed by atoms with Crippen LogP contribution < -0.4 is 5.32 Å². The van der Waals surface area contributed by atoms with Crippen molar-refractivity contribution >= 4 is 35.1 Å². The minimum atomic E-state index is -0.341. The zero-order valence-electron chi connectivity index (χ0n) is 15.6. The highest BCUT2D eigenvalue weighted by Gasteiger charge is 2.12. The SMILES string of the molecule is Cc1cccc(C(=O)/C(C#N)=C/c2cccc(NC(=O)c3ccc(Cl)cc3)c2)c1. The molecule has 0 aliphatic heterocycles. The Balaban J connectivity index is 1.82. The molecule has 3 aromatic carbocycles. The second-order valence-corrected chi connectivity index (χ2v) is 6.89. The molecular weight excluding hydrogens is 384 g/mol. The van der Waals surface area contributed by atoms with Gasteiger partial charge in [-0.25, -0.2) is 0 Å². The van der Waals surface area contributed by atoms with Crippen LogP contribution in [0, 0.1) is 18.3 Å². The normalized spacial score (nSPS) is 10.9. The lowest BCUT2D eigenvalue weighted by Crippen LogP contribution is -2.11. The van der Waals surface area contributed by atoms with E-state index in [9.17, 15) is 14.9 Å². The first-order valence-corrected chi connectivity index (χ1v) is 9.24. The van der Waals surface area contributed by atoms with Gasteiger partial charge in [-0.2, -0.15) is 5.26 Å². The molecule has 1 N–H and O–H groups in total. The number of rotatable bonds is 5. The van der Waals surface area contributed by atoms with Crippen LogP contribution in [0.15, 0.2) is 78.4 Å². The molecule has 0 heterocycles. The van der Waals surface area contributed by atoms with Gasteiger partial charge in [0.05, 0.1) is 0 Å². The van der Waals surface area contributed by atoms with Gasteiger partial charge < -0.3 is 5.32 Å². The number of carbonyl (C=O) groups is 2. The van der Waals surface area contributed by atoms with Gasteiger partial charge in [0.2, 0.25) is 5.78 Å². The van der Waals surface area contributed by atoms with Crippen molar-refractivity contribution in [2.75, 3.05) is 5.32 Å². The third-order valence-corrected chi connectivity index (χ3v) is 4.46. The summed E-state index contributed by atoms with van der Waals surface area (Å²) < 4.78 is 0. The number of allylic oxidation sites excluding steroid dienone is 1. The number of nitrogens with one attached hydrogen (secondary N) is 1. The molecule has 1 amide bonds. The molecule has 0 saturated carbocycles. The lowest BCUT2D eigenvalue weighted by molar-refractivity contribution is 0.102. The number of amides is 1. The number of hydrogen-bond acceptors (Lipinski definition) is 3. The summed E-state index contributed by atoms with van der Waals surface area (Å²) >= 11 is 5.85. The summed E-state index contributed by atoms with van der Waals surface area (Å²) in [6, 6.07) is 22.6. The van der Waals surface area contributed by atoms with Gasteiger partial charge in [-0.1, -0.05) is 47.5 Å². The summed E-state index contributed by atoms with van der Waals surface area (Å²) in [6.07, 6.45) is 1.52. The van der Waals surface area contributed by atoms with Crippen LogP contribution in [0.1, 0.15) is 31.8 Å². The van der Waals surface area contributed by atoms with Crippen LogP contribution >= 0.6 is 11.6 Å². The van der Waals surface area contributed by atoms with Crippen LogP contribution in [0.25, 0.3) is 6.08 Å². The molecule has 0 saturated heterocycles. The summed E-state index contributed by atoms with van der Waals surface area (Å²) in [7, 11) is 0. The van der Waals surface area contributed by atoms with Gasteiger partial charge in [0.15, 0.2) is 0 Å². The highest BCUT2D eigenvalue weighted by Crippen LogP contribution is 2.18. The molecule has 0 fully saturated rings. The van der Waals surface area contributed by atoms with Crippen molar-refractivity contribution in [2.24, 2.45) is 0 Å². The molecule has 4 nitrogen and oxygen atoms in total. The number of aryl methyl sites for hydroxylation is 1. The predicted molar refractivity (Wildman–Crippen MR) is 115 cm³/mol. The zero-order chi connectivity index (χ0) is 20.8. The Hall–Kier alpha value is -3.68. The minimum Gasteiger partial charge on any atom is -0.322 e. The van der Waals surface area contributed by atoms with Gasteiger partial charge in [0.25, 0.3) is 5.91 Å². The smallest absolute Gasteiger partial charge is 0.255 e. The summed E-state index contributed by atoms with van der Waals surface area (Å²) in [4.78, 5) is 25.0. The van der Waals surface area contributed by atoms with Crippen molar-refractivity contribution in [3.63, 3.8) is 0 Å². The molecule has 0 aliphatic rings. The molecule has 142 valence electrons. The van der Waals surface area contributed by atoms with E-state index in [1.165, 1.54) is 6.08 Å². The largest absolute Gasteiger partial charge is 0.322 e. The molecule has 29 heavy (non-hydrogen) atoms. The number of nitriles is 1. The number of ketones is 1. The third-order valence-electron chi connectivity index (χ3n) is 4.21. The van der Waals surface area contributed by atoms with Crippen LogP contribution in [-0.4, -0.2) is 11.7 Å². The Morgan fingerprint density at radius 1 is 0.966 bits per heavy atom. The zero-order valence-corrected chi connectivity index (χ0v) is 16.4. The lowest BCUT2D eigenvalue weighted by Gasteiger charge is -2.07. The molecular formula is C24H17ClN2O2. The standard InChI is InChI=1S/C24H17ClN2O2/c1-16-4-2-6-19(12-16)23(28)20(15-26)13-17-5-3-7-22(14-17)27-24(29)18-8-10-21(25)11-9-18/h2-14H,1H3,(H,27,29)/b20-13+. The number of anilines is 1. The number of halogens is 1. The van der Waals surface area contributed by atoms with E-state index in [4.69, 9.17) is 11.6 Å². The molecule has 5 heteroatoms. The average Bonchev–Trinajstić information content (AvgIpc) is 2.72. The molecule has 0 aromatic heterocycles. The molecule has 3 aromatic rings. The van der Waals surface area contributed by atoms with Crippen molar-refractivity contribution in [3.05, 3.63) is 106 Å². The van der Waals surface area contributed by atoms with Crippen molar-refractivity contribution < 1.29 is 9.59 Å². The van der Waals surface area contributed by atoms with E-state index < -0.39 is 0 Å². The highest BCUT2D eigenvalue weighted by molar-refractivity contribution is 6.30. The summed E-state index contributed by atoms with van der Waals surface area (Å²) in [6.45, 7) is 1.89. The molecule has 0 radical (unpaired) electrons. The second-order valence-electron chi connectivity index (χ2n) is 6.45. The topological polar surface area (TPSA) is 70.0 Å². The van der Waals surface area contributed by atoms with E-state index >= 15 is 0 Å². The minimum absolute atomic E-state index is 0.0248. The van der Waals surface area contributed by atoms with Crippen molar-refractivity contribution in [2.45, 2.75) is 6.92 Å². The number of hydrogen-bond donors (Lipinski definition) is 1. The second kappa shape index (κ2) is 9.01. The average molecular weight is 401 g/mol. The summed E-state index contributed by atoms with van der Waals surface area (Å²) in [5.74, 6) is -0.619. The fourth-order valence-corrected chi connectivity index (χ4v) is 2.89. The number of nitrogens with zero attached hydrogens (tertiary/aromatic N) is 1. The predicted octanol–water partition coefficient (Wildman–Crippen LogP) is 5.69. The van der Waals surface area contributed by atoms with Crippen LogP contribution in [0.4, 0.5) is 5.69 Å². The van der Waals surface area contributed by atoms with E-state index in [1.807, 2.05) is 19.1 Å². The summed E-state index contributed by atoms with van der Waals surface area (Å²) in [5, 5.41) is 12.8.